The van der Waals surface area contributed by atoms with Gasteiger partial charge in [0, 0.05) is 18.7 Å². The number of amides is 3. The van der Waals surface area contributed by atoms with Crippen LogP contribution in [0.25, 0.3) is 0 Å². The summed E-state index contributed by atoms with van der Waals surface area (Å²) in [6.07, 6.45) is 0. The summed E-state index contributed by atoms with van der Waals surface area (Å²) in [5, 5.41) is 5.19. The summed E-state index contributed by atoms with van der Waals surface area (Å²) in [7, 11) is 0. The largest absolute Gasteiger partial charge is 0.463 e. The molecule has 0 saturated carbocycles. The highest BCUT2D eigenvalue weighted by Crippen LogP contribution is 2.33. The minimum atomic E-state index is -1.09. The Bertz CT molecular complexity index is 747. The van der Waals surface area contributed by atoms with Crippen molar-refractivity contribution in [2.45, 2.75) is 13.0 Å². The van der Waals surface area contributed by atoms with Gasteiger partial charge < -0.3 is 15.4 Å². The molecule has 2 aliphatic rings. The van der Waals surface area contributed by atoms with Gasteiger partial charge in [0.05, 0.1) is 18.2 Å². The van der Waals surface area contributed by atoms with Crippen LogP contribution in [-0.2, 0) is 14.3 Å². The van der Waals surface area contributed by atoms with Gasteiger partial charge in [-0.3, -0.25) is 9.69 Å². The summed E-state index contributed by atoms with van der Waals surface area (Å²) in [4.78, 5) is 38.2. The number of nitrogens with one attached hydrogen (secondary N) is 2. The molecule has 7 nitrogen and oxygen atoms in total. The van der Waals surface area contributed by atoms with Crippen molar-refractivity contribution in [1.29, 1.82) is 0 Å². The molecule has 0 aliphatic carbocycles. The molecule has 126 valence electrons. The summed E-state index contributed by atoms with van der Waals surface area (Å²) < 4.78 is 19.2. The van der Waals surface area contributed by atoms with E-state index < -0.39 is 29.8 Å². The molecule has 0 aromatic heterocycles. The Morgan fingerprint density at radius 3 is 2.83 bits per heavy atom. The Kier molecular flexibility index (Phi) is 4.20. The van der Waals surface area contributed by atoms with E-state index in [1.165, 1.54) is 23.1 Å². The lowest BCUT2D eigenvalue weighted by molar-refractivity contribution is -0.139. The summed E-state index contributed by atoms with van der Waals surface area (Å²) in [5.41, 5.74) is -0.0603. The van der Waals surface area contributed by atoms with Crippen LogP contribution < -0.4 is 10.6 Å². The zero-order chi connectivity index (χ0) is 17.3. The van der Waals surface area contributed by atoms with E-state index in [1.807, 2.05) is 0 Å². The molecule has 0 radical (unpaired) electrons. The number of rotatable bonds is 3. The molecule has 1 atom stereocenters. The van der Waals surface area contributed by atoms with Gasteiger partial charge in [-0.2, -0.15) is 0 Å². The Labute approximate surface area is 137 Å². The third-order valence-corrected chi connectivity index (χ3v) is 3.87. The van der Waals surface area contributed by atoms with Crippen LogP contribution >= 0.6 is 0 Å². The summed E-state index contributed by atoms with van der Waals surface area (Å²) in [6.45, 7) is 2.21. The number of carbonyl (C=O) groups is 3. The minimum Gasteiger partial charge on any atom is -0.463 e. The van der Waals surface area contributed by atoms with Crippen LogP contribution in [0.4, 0.5) is 9.18 Å². The summed E-state index contributed by atoms with van der Waals surface area (Å²) in [6, 6.07) is 4.12. The van der Waals surface area contributed by atoms with E-state index in [4.69, 9.17) is 4.74 Å². The second kappa shape index (κ2) is 6.31. The molecule has 1 saturated heterocycles. The maximum absolute atomic E-state index is 14.2. The molecule has 0 spiro atoms. The zero-order valence-corrected chi connectivity index (χ0v) is 13.0. The molecule has 24 heavy (non-hydrogen) atoms. The first-order chi connectivity index (χ1) is 11.5. The van der Waals surface area contributed by atoms with Crippen LogP contribution in [0, 0.1) is 5.82 Å². The molecular formula is C16H16FN3O4. The van der Waals surface area contributed by atoms with Gasteiger partial charge in [-0.15, -0.1) is 0 Å². The predicted molar refractivity (Wildman–Crippen MR) is 81.0 cm³/mol. The molecule has 8 heteroatoms. The zero-order valence-electron chi connectivity index (χ0n) is 13.0. The van der Waals surface area contributed by atoms with Gasteiger partial charge in [-0.1, -0.05) is 18.2 Å². The lowest BCUT2D eigenvalue weighted by Gasteiger charge is -2.38. The number of hydrogen-bond acceptors (Lipinski definition) is 4. The monoisotopic (exact) mass is 333 g/mol. The first kappa shape index (κ1) is 16.0. The normalized spacial score (nSPS) is 20.2. The first-order valence-electron chi connectivity index (χ1n) is 7.56. The minimum absolute atomic E-state index is 0.0706. The van der Waals surface area contributed by atoms with Crippen molar-refractivity contribution in [3.8, 4) is 0 Å². The van der Waals surface area contributed by atoms with Gasteiger partial charge in [0.25, 0.3) is 5.91 Å². The Balaban J connectivity index is 2.19. The average molecular weight is 333 g/mol. The van der Waals surface area contributed by atoms with Crippen molar-refractivity contribution in [2.24, 2.45) is 0 Å². The fourth-order valence-electron chi connectivity index (χ4n) is 2.85. The van der Waals surface area contributed by atoms with E-state index in [0.717, 1.165) is 0 Å². The Morgan fingerprint density at radius 1 is 1.38 bits per heavy atom. The third-order valence-electron chi connectivity index (χ3n) is 3.87. The smallest absolute Gasteiger partial charge is 0.338 e. The number of benzene rings is 1. The SMILES string of the molecule is CCOC(=O)C1=C2C(=O)NCCN2C(=O)N[C@H]1c1ccccc1F. The molecule has 2 N–H and O–H groups in total. The summed E-state index contributed by atoms with van der Waals surface area (Å²) >= 11 is 0. The molecule has 3 rings (SSSR count). The second-order valence-electron chi connectivity index (χ2n) is 5.29. The van der Waals surface area contributed by atoms with E-state index >= 15 is 0 Å². The molecule has 3 amide bonds. The molecule has 0 unspecified atom stereocenters. The van der Waals surface area contributed by atoms with Crippen LogP contribution in [0.3, 0.4) is 0 Å². The fraction of sp³-hybridized carbons (Fsp3) is 0.312. The molecule has 2 heterocycles. The van der Waals surface area contributed by atoms with E-state index in [2.05, 4.69) is 10.6 Å². The quantitative estimate of drug-likeness (QED) is 0.803. The number of esters is 1. The van der Waals surface area contributed by atoms with Gasteiger partial charge in [0.2, 0.25) is 0 Å². The van der Waals surface area contributed by atoms with Gasteiger partial charge in [0.15, 0.2) is 0 Å². The van der Waals surface area contributed by atoms with Gasteiger partial charge in [0.1, 0.15) is 11.5 Å². The highest BCUT2D eigenvalue weighted by molar-refractivity contribution is 6.08. The molecular weight excluding hydrogens is 317 g/mol. The van der Waals surface area contributed by atoms with E-state index in [-0.39, 0.29) is 36.5 Å². The highest BCUT2D eigenvalue weighted by atomic mass is 19.1. The number of hydrogen-bond donors (Lipinski definition) is 2. The predicted octanol–water partition coefficient (Wildman–Crippen LogP) is 0.839. The lowest BCUT2D eigenvalue weighted by atomic mass is 9.93. The van der Waals surface area contributed by atoms with Crippen LogP contribution in [0.15, 0.2) is 35.5 Å². The standard InChI is InChI=1S/C16H16FN3O4/c1-2-24-15(22)11-12(9-5-3-4-6-10(9)17)19-16(23)20-8-7-18-14(21)13(11)20/h3-6,12H,2,7-8H2,1H3,(H,18,21)(H,19,23)/t12-/m0/s1. The van der Waals surface area contributed by atoms with Crippen molar-refractivity contribution in [3.05, 3.63) is 46.9 Å². The summed E-state index contributed by atoms with van der Waals surface area (Å²) in [5.74, 6) is -1.90. The lowest BCUT2D eigenvalue weighted by Crippen LogP contribution is -2.57. The van der Waals surface area contributed by atoms with Crippen molar-refractivity contribution < 1.29 is 23.5 Å². The van der Waals surface area contributed by atoms with E-state index in [0.29, 0.717) is 0 Å². The molecule has 0 bridgehead atoms. The van der Waals surface area contributed by atoms with Gasteiger partial charge in [-0.05, 0) is 13.0 Å². The van der Waals surface area contributed by atoms with Crippen LogP contribution in [0.1, 0.15) is 18.5 Å². The molecule has 1 aromatic carbocycles. The van der Waals surface area contributed by atoms with Crippen molar-refractivity contribution in [3.63, 3.8) is 0 Å². The average Bonchev–Trinajstić information content (AvgIpc) is 2.56. The number of piperazine rings is 1. The highest BCUT2D eigenvalue weighted by Gasteiger charge is 2.43. The number of halogens is 1. The topological polar surface area (TPSA) is 87.7 Å². The number of nitrogens with zero attached hydrogens (tertiary/aromatic N) is 1. The number of ether oxygens (including phenoxy) is 1. The van der Waals surface area contributed by atoms with Crippen LogP contribution in [-0.4, -0.2) is 42.5 Å². The Hall–Kier alpha value is -2.90. The van der Waals surface area contributed by atoms with Crippen LogP contribution in [0.5, 0.6) is 0 Å². The second-order valence-corrected chi connectivity index (χ2v) is 5.29. The first-order valence-corrected chi connectivity index (χ1v) is 7.56. The van der Waals surface area contributed by atoms with Gasteiger partial charge >= 0.3 is 12.0 Å². The van der Waals surface area contributed by atoms with Crippen molar-refractivity contribution in [1.82, 2.24) is 15.5 Å². The molecule has 1 fully saturated rings. The maximum atomic E-state index is 14.2. The maximum Gasteiger partial charge on any atom is 0.338 e. The van der Waals surface area contributed by atoms with E-state index in [9.17, 15) is 18.8 Å². The fourth-order valence-corrected chi connectivity index (χ4v) is 2.85. The van der Waals surface area contributed by atoms with Gasteiger partial charge in [-0.25, -0.2) is 14.0 Å². The van der Waals surface area contributed by atoms with Crippen molar-refractivity contribution in [2.75, 3.05) is 19.7 Å². The Morgan fingerprint density at radius 2 is 2.12 bits per heavy atom. The van der Waals surface area contributed by atoms with E-state index in [1.54, 1.807) is 13.0 Å². The molecule has 2 aliphatic heterocycles. The number of fused-ring (bicyclic) bond motifs is 1. The number of carbonyl (C=O) groups excluding carboxylic acids is 3. The molecule has 1 aromatic rings. The van der Waals surface area contributed by atoms with Crippen LogP contribution in [0.2, 0.25) is 0 Å². The third kappa shape index (κ3) is 2.60. The van der Waals surface area contributed by atoms with Crippen molar-refractivity contribution >= 4 is 17.9 Å². The number of urea groups is 1.